The van der Waals surface area contributed by atoms with Gasteiger partial charge in [-0.1, -0.05) is 0 Å². The van der Waals surface area contributed by atoms with Gasteiger partial charge in [-0.3, -0.25) is 0 Å². The number of nitrogens with zero attached hydrogens (tertiary/aromatic N) is 1. The van der Waals surface area contributed by atoms with Crippen molar-refractivity contribution < 1.29 is 39.9 Å². The van der Waals surface area contributed by atoms with Crippen molar-refractivity contribution in [3.63, 3.8) is 0 Å². The van der Waals surface area contributed by atoms with Crippen LogP contribution in [0.15, 0.2) is 36.4 Å². The molecule has 0 bridgehead atoms. The third-order valence-corrected chi connectivity index (χ3v) is 5.11. The van der Waals surface area contributed by atoms with E-state index in [-0.39, 0.29) is 18.1 Å². The average Bonchev–Trinajstić information content (AvgIpc) is 3.51. The lowest BCUT2D eigenvalue weighted by molar-refractivity contribution is -0.189. The molecule has 0 N–H and O–H groups in total. The maximum absolute atomic E-state index is 14.5. The van der Waals surface area contributed by atoms with E-state index >= 15 is 0 Å². The van der Waals surface area contributed by atoms with E-state index in [4.69, 9.17) is 5.26 Å². The van der Waals surface area contributed by atoms with E-state index in [2.05, 4.69) is 4.74 Å². The normalized spacial score (nSPS) is 13.7. The van der Waals surface area contributed by atoms with E-state index < -0.39 is 69.0 Å². The van der Waals surface area contributed by atoms with Crippen LogP contribution in [0.25, 0.3) is 11.1 Å². The number of hydrogen-bond donors (Lipinski definition) is 0. The van der Waals surface area contributed by atoms with Crippen LogP contribution >= 0.6 is 0 Å². The summed E-state index contributed by atoms with van der Waals surface area (Å²) in [6, 6.07) is 4.29. The Bertz CT molecular complexity index is 1240. The van der Waals surface area contributed by atoms with Crippen molar-refractivity contribution >= 4 is 0 Å². The quantitative estimate of drug-likeness (QED) is 0.375. The number of halogens is 8. The van der Waals surface area contributed by atoms with E-state index in [1.165, 1.54) is 6.07 Å². The Morgan fingerprint density at radius 3 is 1.73 bits per heavy atom. The number of hydrogen-bond acceptors (Lipinski definition) is 2. The lowest BCUT2D eigenvalue weighted by Gasteiger charge is -2.20. The van der Waals surface area contributed by atoms with Gasteiger partial charge in [0.05, 0.1) is 5.56 Å². The molecule has 0 amide bonds. The number of benzene rings is 3. The van der Waals surface area contributed by atoms with Crippen LogP contribution in [0.5, 0.6) is 5.75 Å². The van der Waals surface area contributed by atoms with E-state index in [1.807, 2.05) is 0 Å². The van der Waals surface area contributed by atoms with Gasteiger partial charge in [-0.2, -0.15) is 14.0 Å². The molecule has 0 aliphatic heterocycles. The van der Waals surface area contributed by atoms with Gasteiger partial charge in [-0.15, -0.1) is 0 Å². The SMILES string of the molecule is N#Cc1c(F)cc(OC(F)(F)c2c(F)cc(-c3c(F)cc(C4CC4)cc3F)cc2F)cc1F. The first kappa shape index (κ1) is 22.6. The molecule has 0 radical (unpaired) electrons. The molecule has 0 heterocycles. The Morgan fingerprint density at radius 2 is 1.27 bits per heavy atom. The Morgan fingerprint density at radius 1 is 0.758 bits per heavy atom. The molecule has 0 atom stereocenters. The minimum absolute atomic E-state index is 0.00774. The Balaban J connectivity index is 1.71. The van der Waals surface area contributed by atoms with Crippen LogP contribution in [-0.4, -0.2) is 0 Å². The minimum Gasteiger partial charge on any atom is -0.429 e. The van der Waals surface area contributed by atoms with Crippen LogP contribution in [0.1, 0.15) is 35.4 Å². The Hall–Kier alpha value is -3.61. The van der Waals surface area contributed by atoms with Gasteiger partial charge in [0.15, 0.2) is 0 Å². The first-order chi connectivity index (χ1) is 15.5. The van der Waals surface area contributed by atoms with Gasteiger partial charge in [0.25, 0.3) is 0 Å². The maximum atomic E-state index is 14.5. The number of alkyl halides is 2. The standard InChI is InChI=1S/C23H11F8NO/c24-15-7-13(8-16(25)14(15)9-32)33-23(30,31)22-19(28)5-12(6-20(22)29)21-17(26)3-11(4-18(21)27)10-1-2-10/h3-8,10H,1-2H2. The highest BCUT2D eigenvalue weighted by Gasteiger charge is 2.42. The second-order valence-electron chi connectivity index (χ2n) is 7.44. The van der Waals surface area contributed by atoms with Gasteiger partial charge in [-0.05, 0) is 54.2 Å². The smallest absolute Gasteiger partial charge is 0.429 e. The van der Waals surface area contributed by atoms with Crippen molar-refractivity contribution in [2.75, 3.05) is 0 Å². The van der Waals surface area contributed by atoms with Crippen molar-refractivity contribution in [3.05, 3.63) is 88.0 Å². The summed E-state index contributed by atoms with van der Waals surface area (Å²) in [5, 5.41) is 8.61. The van der Waals surface area contributed by atoms with Gasteiger partial charge in [0, 0.05) is 12.1 Å². The van der Waals surface area contributed by atoms with Crippen molar-refractivity contribution in [1.82, 2.24) is 0 Å². The van der Waals surface area contributed by atoms with E-state index in [9.17, 15) is 35.1 Å². The first-order valence-corrected chi connectivity index (χ1v) is 9.46. The number of nitriles is 1. The minimum atomic E-state index is -4.77. The molecule has 0 aromatic heterocycles. The summed E-state index contributed by atoms with van der Waals surface area (Å²) in [7, 11) is 0. The zero-order chi connectivity index (χ0) is 24.1. The predicted octanol–water partition coefficient (Wildman–Crippen LogP) is 7.07. The fraction of sp³-hybridized carbons (Fsp3) is 0.174. The van der Waals surface area contributed by atoms with E-state index in [0.29, 0.717) is 17.7 Å². The average molecular weight is 469 g/mol. The van der Waals surface area contributed by atoms with Crippen LogP contribution in [-0.2, 0) is 6.11 Å². The molecule has 0 unspecified atom stereocenters. The van der Waals surface area contributed by atoms with Gasteiger partial charge in [0.2, 0.25) is 0 Å². The van der Waals surface area contributed by atoms with Crippen LogP contribution in [0.4, 0.5) is 35.1 Å². The molecule has 1 aliphatic carbocycles. The van der Waals surface area contributed by atoms with Crippen LogP contribution in [0.2, 0.25) is 0 Å². The molecule has 0 saturated heterocycles. The van der Waals surface area contributed by atoms with Gasteiger partial charge >= 0.3 is 6.11 Å². The Labute approximate surface area is 181 Å². The molecule has 1 fully saturated rings. The van der Waals surface area contributed by atoms with Crippen molar-refractivity contribution in [2.24, 2.45) is 0 Å². The molecular formula is C23H11F8NO. The monoisotopic (exact) mass is 469 g/mol. The Kier molecular flexibility index (Phi) is 5.52. The van der Waals surface area contributed by atoms with Crippen molar-refractivity contribution in [3.8, 4) is 22.9 Å². The molecule has 3 aromatic carbocycles. The van der Waals surface area contributed by atoms with E-state index in [0.717, 1.165) is 25.0 Å². The summed E-state index contributed by atoms with van der Waals surface area (Å²) in [6.07, 6.45) is -3.27. The molecule has 2 nitrogen and oxygen atoms in total. The zero-order valence-electron chi connectivity index (χ0n) is 16.3. The zero-order valence-corrected chi connectivity index (χ0v) is 16.3. The molecular weight excluding hydrogens is 458 g/mol. The summed E-state index contributed by atoms with van der Waals surface area (Å²) in [5.41, 5.74) is -4.09. The molecule has 3 aromatic rings. The van der Waals surface area contributed by atoms with Crippen LogP contribution in [0.3, 0.4) is 0 Å². The highest BCUT2D eigenvalue weighted by molar-refractivity contribution is 5.66. The lowest BCUT2D eigenvalue weighted by atomic mass is 9.98. The first-order valence-electron chi connectivity index (χ1n) is 9.46. The third kappa shape index (κ3) is 4.23. The topological polar surface area (TPSA) is 33.0 Å². The molecule has 33 heavy (non-hydrogen) atoms. The summed E-state index contributed by atoms with van der Waals surface area (Å²) in [4.78, 5) is 0. The summed E-state index contributed by atoms with van der Waals surface area (Å²) in [6.45, 7) is 0. The molecule has 0 spiro atoms. The van der Waals surface area contributed by atoms with Crippen LogP contribution < -0.4 is 4.74 Å². The molecule has 1 aliphatic rings. The number of ether oxygens (including phenoxy) is 1. The van der Waals surface area contributed by atoms with E-state index in [1.54, 1.807) is 0 Å². The molecule has 170 valence electrons. The molecule has 4 rings (SSSR count). The summed E-state index contributed by atoms with van der Waals surface area (Å²) >= 11 is 0. The highest BCUT2D eigenvalue weighted by Crippen LogP contribution is 2.43. The van der Waals surface area contributed by atoms with Crippen LogP contribution in [0, 0.1) is 46.2 Å². The second-order valence-corrected chi connectivity index (χ2v) is 7.44. The highest BCUT2D eigenvalue weighted by atomic mass is 19.3. The second kappa shape index (κ2) is 8.06. The predicted molar refractivity (Wildman–Crippen MR) is 99.3 cm³/mol. The summed E-state index contributed by atoms with van der Waals surface area (Å²) in [5.74, 6) is -10.3. The number of rotatable bonds is 5. The summed E-state index contributed by atoms with van der Waals surface area (Å²) < 4.78 is 118. The largest absolute Gasteiger partial charge is 0.432 e. The van der Waals surface area contributed by atoms with Crippen molar-refractivity contribution in [1.29, 1.82) is 5.26 Å². The third-order valence-electron chi connectivity index (χ3n) is 5.11. The fourth-order valence-corrected chi connectivity index (χ4v) is 3.43. The fourth-order valence-electron chi connectivity index (χ4n) is 3.43. The van der Waals surface area contributed by atoms with Crippen molar-refractivity contribution in [2.45, 2.75) is 24.9 Å². The van der Waals surface area contributed by atoms with Gasteiger partial charge in [-0.25, -0.2) is 26.3 Å². The van der Waals surface area contributed by atoms with Gasteiger partial charge < -0.3 is 4.74 Å². The lowest BCUT2D eigenvalue weighted by Crippen LogP contribution is -2.25. The molecule has 10 heteroatoms. The maximum Gasteiger partial charge on any atom is 0.432 e. The molecule has 1 saturated carbocycles. The van der Waals surface area contributed by atoms with Gasteiger partial charge in [0.1, 0.15) is 57.8 Å².